The van der Waals surface area contributed by atoms with E-state index in [1.807, 2.05) is 25.1 Å². The van der Waals surface area contributed by atoms with Crippen molar-refractivity contribution in [3.8, 4) is 5.75 Å². The molecule has 1 unspecified atom stereocenters. The van der Waals surface area contributed by atoms with Crippen LogP contribution in [0, 0.1) is 6.92 Å². The summed E-state index contributed by atoms with van der Waals surface area (Å²) in [4.78, 5) is 1.15. The molecule has 0 spiro atoms. The fraction of sp³-hybridized carbons (Fsp3) is 0.286. The number of aryl methyl sites for hydroxylation is 1. The van der Waals surface area contributed by atoms with Crippen LogP contribution in [0.3, 0.4) is 0 Å². The first-order chi connectivity index (χ1) is 9.02. The first-order valence-corrected chi connectivity index (χ1v) is 8.36. The van der Waals surface area contributed by atoms with Gasteiger partial charge in [-0.2, -0.15) is 0 Å². The lowest BCUT2D eigenvalue weighted by Gasteiger charge is -2.13. The molecule has 0 saturated heterocycles. The van der Waals surface area contributed by atoms with E-state index in [0.717, 1.165) is 24.4 Å². The lowest BCUT2D eigenvalue weighted by atomic mass is 10.1. The highest BCUT2D eigenvalue weighted by atomic mass is 79.9. The standard InChI is InChI=1S/C14H15Br2NOS/c1-3-18-9-4-5-10(11(15)7-9)13(17)12-6-8(2)14(16)19-12/h4-7,13H,3,17H2,1-2H3. The van der Waals surface area contributed by atoms with Crippen molar-refractivity contribution in [3.63, 3.8) is 0 Å². The van der Waals surface area contributed by atoms with Gasteiger partial charge in [0, 0.05) is 9.35 Å². The summed E-state index contributed by atoms with van der Waals surface area (Å²) in [6.07, 6.45) is 0. The average molecular weight is 405 g/mol. The molecule has 0 aliphatic heterocycles. The van der Waals surface area contributed by atoms with Gasteiger partial charge in [0.1, 0.15) is 5.75 Å². The lowest BCUT2D eigenvalue weighted by Crippen LogP contribution is -2.11. The minimum Gasteiger partial charge on any atom is -0.494 e. The van der Waals surface area contributed by atoms with Gasteiger partial charge in [0.25, 0.3) is 0 Å². The van der Waals surface area contributed by atoms with E-state index in [0.29, 0.717) is 6.61 Å². The van der Waals surface area contributed by atoms with Crippen molar-refractivity contribution >= 4 is 43.2 Å². The third kappa shape index (κ3) is 3.40. The summed E-state index contributed by atoms with van der Waals surface area (Å²) in [5.41, 5.74) is 8.63. The number of nitrogens with two attached hydrogens (primary N) is 1. The summed E-state index contributed by atoms with van der Waals surface area (Å²) in [6, 6.07) is 7.94. The molecular formula is C14H15Br2NOS. The first-order valence-electron chi connectivity index (χ1n) is 5.96. The Bertz CT molecular complexity index is 563. The summed E-state index contributed by atoms with van der Waals surface area (Å²) >= 11 is 8.79. The molecular weight excluding hydrogens is 390 g/mol. The van der Waals surface area contributed by atoms with E-state index in [1.54, 1.807) is 11.3 Å². The molecule has 1 aromatic carbocycles. The number of halogens is 2. The molecule has 0 bridgehead atoms. The van der Waals surface area contributed by atoms with Gasteiger partial charge in [-0.15, -0.1) is 11.3 Å². The zero-order valence-electron chi connectivity index (χ0n) is 10.7. The molecule has 0 amide bonds. The van der Waals surface area contributed by atoms with E-state index in [9.17, 15) is 0 Å². The third-order valence-corrected chi connectivity index (χ3v) is 5.71. The van der Waals surface area contributed by atoms with E-state index in [2.05, 4.69) is 44.8 Å². The van der Waals surface area contributed by atoms with Gasteiger partial charge >= 0.3 is 0 Å². The van der Waals surface area contributed by atoms with Crippen LogP contribution >= 0.6 is 43.2 Å². The molecule has 2 rings (SSSR count). The highest BCUT2D eigenvalue weighted by molar-refractivity contribution is 9.11. The molecule has 102 valence electrons. The second-order valence-corrected chi connectivity index (χ2v) is 7.46. The molecule has 0 aliphatic carbocycles. The van der Waals surface area contributed by atoms with Crippen LogP contribution < -0.4 is 10.5 Å². The van der Waals surface area contributed by atoms with Crippen molar-refractivity contribution in [1.29, 1.82) is 0 Å². The quantitative estimate of drug-likeness (QED) is 0.775. The fourth-order valence-electron chi connectivity index (χ4n) is 1.81. The first kappa shape index (κ1) is 15.0. The molecule has 0 radical (unpaired) electrons. The average Bonchev–Trinajstić information content (AvgIpc) is 2.69. The molecule has 1 atom stereocenters. The number of ether oxygens (including phenoxy) is 1. The monoisotopic (exact) mass is 403 g/mol. The summed E-state index contributed by atoms with van der Waals surface area (Å²) < 4.78 is 7.59. The highest BCUT2D eigenvalue weighted by Gasteiger charge is 2.16. The van der Waals surface area contributed by atoms with E-state index < -0.39 is 0 Å². The molecule has 2 N–H and O–H groups in total. The van der Waals surface area contributed by atoms with Gasteiger partial charge in [0.05, 0.1) is 16.4 Å². The largest absolute Gasteiger partial charge is 0.494 e. The minimum atomic E-state index is -0.125. The van der Waals surface area contributed by atoms with Crippen molar-refractivity contribution in [2.45, 2.75) is 19.9 Å². The maximum Gasteiger partial charge on any atom is 0.120 e. The Morgan fingerprint density at radius 2 is 2.05 bits per heavy atom. The van der Waals surface area contributed by atoms with Gasteiger partial charge in [-0.3, -0.25) is 0 Å². The second kappa shape index (κ2) is 6.39. The van der Waals surface area contributed by atoms with E-state index in [-0.39, 0.29) is 6.04 Å². The van der Waals surface area contributed by atoms with Crippen LogP contribution in [0.5, 0.6) is 5.75 Å². The smallest absolute Gasteiger partial charge is 0.120 e. The predicted molar refractivity (Wildman–Crippen MR) is 88.1 cm³/mol. The molecule has 5 heteroatoms. The molecule has 19 heavy (non-hydrogen) atoms. The Morgan fingerprint density at radius 1 is 1.32 bits per heavy atom. The number of rotatable bonds is 4. The van der Waals surface area contributed by atoms with Crippen LogP contribution in [0.2, 0.25) is 0 Å². The van der Waals surface area contributed by atoms with Gasteiger partial charge in [0.2, 0.25) is 0 Å². The molecule has 2 nitrogen and oxygen atoms in total. The fourth-order valence-corrected chi connectivity index (χ4v) is 4.00. The van der Waals surface area contributed by atoms with Crippen molar-refractivity contribution in [2.24, 2.45) is 5.73 Å². The van der Waals surface area contributed by atoms with E-state index in [1.165, 1.54) is 5.56 Å². The van der Waals surface area contributed by atoms with E-state index in [4.69, 9.17) is 10.5 Å². The van der Waals surface area contributed by atoms with Crippen molar-refractivity contribution in [3.05, 3.63) is 48.5 Å². The zero-order valence-corrected chi connectivity index (χ0v) is 14.7. The van der Waals surface area contributed by atoms with Gasteiger partial charge in [-0.1, -0.05) is 22.0 Å². The Morgan fingerprint density at radius 3 is 2.58 bits per heavy atom. The molecule has 1 heterocycles. The van der Waals surface area contributed by atoms with Crippen molar-refractivity contribution in [2.75, 3.05) is 6.61 Å². The Hall–Kier alpha value is -0.360. The van der Waals surface area contributed by atoms with Crippen LogP contribution in [0.15, 0.2) is 32.5 Å². The Labute approximate surface area is 134 Å². The minimum absolute atomic E-state index is 0.125. The molecule has 0 aliphatic rings. The van der Waals surface area contributed by atoms with Crippen molar-refractivity contribution in [1.82, 2.24) is 0 Å². The third-order valence-electron chi connectivity index (χ3n) is 2.80. The van der Waals surface area contributed by atoms with Crippen LogP contribution in [0.25, 0.3) is 0 Å². The zero-order chi connectivity index (χ0) is 14.0. The SMILES string of the molecule is CCOc1ccc(C(N)c2cc(C)c(Br)s2)c(Br)c1. The number of benzene rings is 1. The Kier molecular flexibility index (Phi) is 5.06. The van der Waals surface area contributed by atoms with Crippen LogP contribution in [0.1, 0.15) is 29.0 Å². The number of hydrogen-bond acceptors (Lipinski definition) is 3. The van der Waals surface area contributed by atoms with Crippen LogP contribution in [-0.4, -0.2) is 6.61 Å². The topological polar surface area (TPSA) is 35.2 Å². The highest BCUT2D eigenvalue weighted by Crippen LogP contribution is 2.36. The summed E-state index contributed by atoms with van der Waals surface area (Å²) in [5.74, 6) is 0.855. The number of hydrogen-bond donors (Lipinski definition) is 1. The lowest BCUT2D eigenvalue weighted by molar-refractivity contribution is 0.340. The molecule has 1 aromatic heterocycles. The summed E-state index contributed by atoms with van der Waals surface area (Å²) in [6.45, 7) is 4.71. The van der Waals surface area contributed by atoms with Gasteiger partial charge < -0.3 is 10.5 Å². The molecule has 2 aromatic rings. The van der Waals surface area contributed by atoms with Gasteiger partial charge in [-0.05, 0) is 59.1 Å². The molecule has 0 saturated carbocycles. The Balaban J connectivity index is 2.30. The van der Waals surface area contributed by atoms with Crippen LogP contribution in [0.4, 0.5) is 0 Å². The maximum atomic E-state index is 6.34. The van der Waals surface area contributed by atoms with E-state index >= 15 is 0 Å². The summed E-state index contributed by atoms with van der Waals surface area (Å²) in [7, 11) is 0. The predicted octanol–water partition coefficient (Wildman–Crippen LogP) is 5.03. The number of thiophene rings is 1. The van der Waals surface area contributed by atoms with Crippen LogP contribution in [-0.2, 0) is 0 Å². The van der Waals surface area contributed by atoms with Gasteiger partial charge in [-0.25, -0.2) is 0 Å². The van der Waals surface area contributed by atoms with Crippen molar-refractivity contribution < 1.29 is 4.74 Å². The van der Waals surface area contributed by atoms with Gasteiger partial charge in [0.15, 0.2) is 0 Å². The maximum absolute atomic E-state index is 6.34. The summed E-state index contributed by atoms with van der Waals surface area (Å²) in [5, 5.41) is 0. The normalized spacial score (nSPS) is 12.5. The second-order valence-electron chi connectivity index (χ2n) is 4.20. The molecule has 0 fully saturated rings.